The maximum atomic E-state index is 3.84. The van der Waals surface area contributed by atoms with E-state index in [4.69, 9.17) is 0 Å². The normalized spacial score (nSPS) is 34.1. The molecule has 0 radical (unpaired) electrons. The van der Waals surface area contributed by atoms with E-state index in [1.54, 1.807) is 11.1 Å². The van der Waals surface area contributed by atoms with Crippen LogP contribution in [0.3, 0.4) is 0 Å². The summed E-state index contributed by atoms with van der Waals surface area (Å²) in [6.07, 6.45) is 4.02. The smallest absolute Gasteiger partial charge is 0.0177 e. The first-order valence-electron chi connectivity index (χ1n) is 7.45. The summed E-state index contributed by atoms with van der Waals surface area (Å²) in [7, 11) is 0. The number of hydrogen-bond donors (Lipinski definition) is 2. The highest BCUT2D eigenvalue weighted by molar-refractivity contribution is 5.44. The third-order valence-electron chi connectivity index (χ3n) is 5.14. The summed E-state index contributed by atoms with van der Waals surface area (Å²) in [6, 6.07) is 9.82. The van der Waals surface area contributed by atoms with Crippen LogP contribution >= 0.6 is 0 Å². The highest BCUT2D eigenvalue weighted by atomic mass is 15.0. The summed E-state index contributed by atoms with van der Waals surface area (Å²) >= 11 is 0. The summed E-state index contributed by atoms with van der Waals surface area (Å²) in [5.74, 6) is 2.65. The molecular formula is C16H22N2. The van der Waals surface area contributed by atoms with Crippen molar-refractivity contribution in [2.75, 3.05) is 19.6 Å². The lowest BCUT2D eigenvalue weighted by molar-refractivity contribution is 0.352. The summed E-state index contributed by atoms with van der Waals surface area (Å²) in [6.45, 7) is 3.67. The molecule has 3 aliphatic rings. The maximum absolute atomic E-state index is 3.84. The molecule has 1 saturated heterocycles. The van der Waals surface area contributed by atoms with Gasteiger partial charge < -0.3 is 10.6 Å². The topological polar surface area (TPSA) is 24.1 Å². The van der Waals surface area contributed by atoms with Gasteiger partial charge in [0.1, 0.15) is 0 Å². The molecule has 3 atom stereocenters. The zero-order valence-corrected chi connectivity index (χ0v) is 10.9. The minimum absolute atomic E-state index is 0.787. The van der Waals surface area contributed by atoms with E-state index >= 15 is 0 Å². The minimum atomic E-state index is 0.787. The van der Waals surface area contributed by atoms with E-state index < -0.39 is 0 Å². The van der Waals surface area contributed by atoms with Gasteiger partial charge in [-0.15, -0.1) is 0 Å². The fourth-order valence-corrected chi connectivity index (χ4v) is 4.02. The third-order valence-corrected chi connectivity index (χ3v) is 5.14. The Labute approximate surface area is 109 Å². The van der Waals surface area contributed by atoms with Gasteiger partial charge in [-0.2, -0.15) is 0 Å². The van der Waals surface area contributed by atoms with E-state index in [-0.39, 0.29) is 0 Å². The Morgan fingerprint density at radius 3 is 2.89 bits per heavy atom. The van der Waals surface area contributed by atoms with Crippen LogP contribution in [0, 0.1) is 11.8 Å². The Morgan fingerprint density at radius 1 is 1.17 bits per heavy atom. The first-order chi connectivity index (χ1) is 8.93. The highest BCUT2D eigenvalue weighted by Gasteiger charge is 2.55. The monoisotopic (exact) mass is 242 g/mol. The second-order valence-electron chi connectivity index (χ2n) is 6.22. The minimum Gasteiger partial charge on any atom is -0.317 e. The van der Waals surface area contributed by atoms with Gasteiger partial charge in [0.25, 0.3) is 0 Å². The van der Waals surface area contributed by atoms with Crippen LogP contribution in [0.25, 0.3) is 0 Å². The molecule has 2 heteroatoms. The molecule has 1 aliphatic heterocycles. The molecule has 2 aliphatic carbocycles. The van der Waals surface area contributed by atoms with Gasteiger partial charge >= 0.3 is 0 Å². The second-order valence-corrected chi connectivity index (χ2v) is 6.22. The second kappa shape index (κ2) is 4.36. The van der Waals surface area contributed by atoms with Gasteiger partial charge in [-0.1, -0.05) is 24.3 Å². The van der Waals surface area contributed by atoms with Gasteiger partial charge in [0.2, 0.25) is 0 Å². The van der Waals surface area contributed by atoms with Crippen molar-refractivity contribution >= 4 is 0 Å². The molecule has 1 aromatic rings. The van der Waals surface area contributed by atoms with Crippen molar-refractivity contribution in [1.29, 1.82) is 0 Å². The fourth-order valence-electron chi connectivity index (χ4n) is 4.02. The zero-order valence-electron chi connectivity index (χ0n) is 10.9. The summed E-state index contributed by atoms with van der Waals surface area (Å²) in [4.78, 5) is 0. The van der Waals surface area contributed by atoms with Crippen LogP contribution in [0.4, 0.5) is 0 Å². The van der Waals surface area contributed by atoms with Gasteiger partial charge in [0.15, 0.2) is 0 Å². The number of nitrogens with one attached hydrogen (secondary N) is 2. The molecule has 0 spiro atoms. The van der Waals surface area contributed by atoms with Crippen LogP contribution in [0.2, 0.25) is 0 Å². The van der Waals surface area contributed by atoms with Gasteiger partial charge in [0.05, 0.1) is 0 Å². The van der Waals surface area contributed by atoms with Crippen molar-refractivity contribution in [2.24, 2.45) is 11.8 Å². The Hall–Kier alpha value is -0.860. The van der Waals surface area contributed by atoms with Gasteiger partial charge in [-0.05, 0) is 61.9 Å². The zero-order chi connectivity index (χ0) is 11.9. The van der Waals surface area contributed by atoms with Crippen LogP contribution in [-0.4, -0.2) is 25.7 Å². The Bertz CT molecular complexity index is 436. The molecule has 18 heavy (non-hydrogen) atoms. The highest BCUT2D eigenvalue weighted by Crippen LogP contribution is 2.56. The van der Waals surface area contributed by atoms with E-state index in [0.29, 0.717) is 0 Å². The van der Waals surface area contributed by atoms with Crippen LogP contribution in [-0.2, 0) is 6.42 Å². The number of fused-ring (bicyclic) bond motifs is 3. The van der Waals surface area contributed by atoms with Crippen LogP contribution in [0.5, 0.6) is 0 Å². The molecule has 96 valence electrons. The van der Waals surface area contributed by atoms with Crippen molar-refractivity contribution < 1.29 is 0 Å². The SMILES string of the molecule is c1ccc2c(c1)C[C@@H]1[C@@H](NCC3CCNCC3)[C@H]21. The molecular weight excluding hydrogens is 220 g/mol. The molecule has 0 unspecified atom stereocenters. The first-order valence-corrected chi connectivity index (χ1v) is 7.45. The summed E-state index contributed by atoms with van der Waals surface area (Å²) in [5, 5.41) is 7.28. The number of rotatable bonds is 3. The van der Waals surface area contributed by atoms with Gasteiger partial charge in [-0.25, -0.2) is 0 Å². The number of hydrogen-bond acceptors (Lipinski definition) is 2. The number of piperidine rings is 1. The summed E-state index contributed by atoms with van der Waals surface area (Å²) in [5.41, 5.74) is 3.23. The van der Waals surface area contributed by atoms with Crippen molar-refractivity contribution in [3.63, 3.8) is 0 Å². The van der Waals surface area contributed by atoms with Crippen LogP contribution in [0.15, 0.2) is 24.3 Å². The van der Waals surface area contributed by atoms with Crippen LogP contribution < -0.4 is 10.6 Å². The molecule has 1 saturated carbocycles. The van der Waals surface area contributed by atoms with E-state index in [1.807, 2.05) is 0 Å². The van der Waals surface area contributed by atoms with E-state index in [0.717, 1.165) is 23.8 Å². The third kappa shape index (κ3) is 1.79. The van der Waals surface area contributed by atoms with Crippen molar-refractivity contribution in [3.8, 4) is 0 Å². The lowest BCUT2D eigenvalue weighted by Crippen LogP contribution is -2.35. The van der Waals surface area contributed by atoms with Crippen molar-refractivity contribution in [2.45, 2.75) is 31.2 Å². The van der Waals surface area contributed by atoms with E-state index in [1.165, 1.54) is 38.9 Å². The molecule has 4 rings (SSSR count). The summed E-state index contributed by atoms with van der Waals surface area (Å²) < 4.78 is 0. The quantitative estimate of drug-likeness (QED) is 0.846. The Kier molecular flexibility index (Phi) is 2.66. The van der Waals surface area contributed by atoms with Crippen molar-refractivity contribution in [1.82, 2.24) is 10.6 Å². The first kappa shape index (κ1) is 11.0. The van der Waals surface area contributed by atoms with Crippen LogP contribution in [0.1, 0.15) is 29.9 Å². The molecule has 0 bridgehead atoms. The molecule has 2 fully saturated rings. The Balaban J connectivity index is 1.34. The van der Waals surface area contributed by atoms with E-state index in [9.17, 15) is 0 Å². The molecule has 1 heterocycles. The largest absolute Gasteiger partial charge is 0.317 e. The molecule has 1 aromatic carbocycles. The van der Waals surface area contributed by atoms with Crippen molar-refractivity contribution in [3.05, 3.63) is 35.4 Å². The predicted octanol–water partition coefficient (Wildman–Crippen LogP) is 1.91. The Morgan fingerprint density at radius 2 is 2.00 bits per heavy atom. The molecule has 0 amide bonds. The van der Waals surface area contributed by atoms with E-state index in [2.05, 4.69) is 34.9 Å². The standard InChI is InChI=1S/C16H22N2/c1-2-4-13-12(3-1)9-14-15(13)16(14)18-10-11-5-7-17-8-6-11/h1-4,11,14-18H,5-10H2/t14-,15+,16+/m0/s1. The van der Waals surface area contributed by atoms with Gasteiger partial charge in [-0.3, -0.25) is 0 Å². The van der Waals surface area contributed by atoms with Gasteiger partial charge in [0, 0.05) is 12.0 Å². The predicted molar refractivity (Wildman–Crippen MR) is 73.8 cm³/mol. The maximum Gasteiger partial charge on any atom is 0.0177 e. The molecule has 2 N–H and O–H groups in total. The lowest BCUT2D eigenvalue weighted by atomic mass is 9.98. The lowest BCUT2D eigenvalue weighted by Gasteiger charge is -2.23. The average Bonchev–Trinajstić information content (AvgIpc) is 2.97. The molecule has 2 nitrogen and oxygen atoms in total. The fraction of sp³-hybridized carbons (Fsp3) is 0.625. The average molecular weight is 242 g/mol. The number of benzene rings is 1. The molecule has 0 aromatic heterocycles.